The lowest BCUT2D eigenvalue weighted by Crippen LogP contribution is -2.02. The van der Waals surface area contributed by atoms with Crippen LogP contribution in [0.25, 0.3) is 0 Å². The molecule has 0 aromatic heterocycles. The number of nitrogen functional groups attached to an aromatic ring is 1. The van der Waals surface area contributed by atoms with Gasteiger partial charge in [0, 0.05) is 5.69 Å². The second-order valence-electron chi connectivity index (χ2n) is 3.78. The summed E-state index contributed by atoms with van der Waals surface area (Å²) < 4.78 is 0. The van der Waals surface area contributed by atoms with E-state index in [9.17, 15) is 9.90 Å². The molecular formula is C13H10N3O3-. The van der Waals surface area contributed by atoms with Crippen LogP contribution in [-0.2, 0) is 0 Å². The van der Waals surface area contributed by atoms with Gasteiger partial charge < -0.3 is 15.9 Å². The summed E-state index contributed by atoms with van der Waals surface area (Å²) in [7, 11) is 0. The summed E-state index contributed by atoms with van der Waals surface area (Å²) in [5, 5.41) is 27.9. The molecule has 2 aromatic carbocycles. The van der Waals surface area contributed by atoms with E-state index in [4.69, 9.17) is 10.8 Å². The van der Waals surface area contributed by atoms with Crippen LogP contribution >= 0.6 is 0 Å². The Kier molecular flexibility index (Phi) is 3.42. The maximum absolute atomic E-state index is 11.3. The quantitative estimate of drug-likeness (QED) is 0.648. The fourth-order valence-electron chi connectivity index (χ4n) is 1.40. The summed E-state index contributed by atoms with van der Waals surface area (Å²) in [6.45, 7) is 0. The van der Waals surface area contributed by atoms with Gasteiger partial charge in [-0.25, -0.2) is 4.79 Å². The molecule has 0 heterocycles. The summed E-state index contributed by atoms with van der Waals surface area (Å²) in [5.74, 6) is -1.84. The van der Waals surface area contributed by atoms with E-state index < -0.39 is 11.7 Å². The minimum atomic E-state index is -1.28. The molecule has 6 nitrogen and oxygen atoms in total. The number of nitrogens with two attached hydrogens (primary N) is 1. The first kappa shape index (κ1) is 12.6. The van der Waals surface area contributed by atoms with Gasteiger partial charge in [0.05, 0.1) is 16.9 Å². The molecule has 2 aromatic rings. The molecule has 0 amide bonds. The first-order valence-electron chi connectivity index (χ1n) is 5.38. The molecule has 3 N–H and O–H groups in total. The van der Waals surface area contributed by atoms with Crippen LogP contribution in [0.5, 0.6) is 5.75 Å². The van der Waals surface area contributed by atoms with Gasteiger partial charge in [0.25, 0.3) is 0 Å². The highest BCUT2D eigenvalue weighted by molar-refractivity contribution is 5.91. The monoisotopic (exact) mass is 256 g/mol. The molecule has 0 atom stereocenters. The molecule has 0 aliphatic rings. The molecule has 0 aliphatic carbocycles. The summed E-state index contributed by atoms with van der Waals surface area (Å²) in [6, 6.07) is 10.5. The number of hydrogen-bond donors (Lipinski definition) is 2. The van der Waals surface area contributed by atoms with E-state index in [0.29, 0.717) is 17.1 Å². The van der Waals surface area contributed by atoms with Crippen molar-refractivity contribution in [1.29, 1.82) is 0 Å². The number of anilines is 1. The first-order chi connectivity index (χ1) is 9.06. The average molecular weight is 256 g/mol. The minimum Gasteiger partial charge on any atom is -0.872 e. The topological polar surface area (TPSA) is 111 Å². The zero-order valence-corrected chi connectivity index (χ0v) is 9.78. The van der Waals surface area contributed by atoms with E-state index in [2.05, 4.69) is 10.2 Å². The van der Waals surface area contributed by atoms with E-state index in [1.165, 1.54) is 12.1 Å². The molecule has 0 spiro atoms. The van der Waals surface area contributed by atoms with Gasteiger partial charge >= 0.3 is 5.97 Å². The summed E-state index contributed by atoms with van der Waals surface area (Å²) in [5.41, 5.74) is 6.70. The number of carboxylic acid groups (broad SMARTS) is 1. The largest absolute Gasteiger partial charge is 0.872 e. The van der Waals surface area contributed by atoms with Crippen LogP contribution in [0.4, 0.5) is 17.1 Å². The highest BCUT2D eigenvalue weighted by atomic mass is 16.4. The van der Waals surface area contributed by atoms with E-state index in [-0.39, 0.29) is 5.56 Å². The fraction of sp³-hybridized carbons (Fsp3) is 0. The molecule has 0 saturated carbocycles. The zero-order chi connectivity index (χ0) is 13.8. The third-order valence-electron chi connectivity index (χ3n) is 2.37. The fourth-order valence-corrected chi connectivity index (χ4v) is 1.40. The van der Waals surface area contributed by atoms with Crippen molar-refractivity contribution in [2.24, 2.45) is 10.2 Å². The first-order valence-corrected chi connectivity index (χ1v) is 5.38. The lowest BCUT2D eigenvalue weighted by atomic mass is 10.2. The Morgan fingerprint density at radius 2 is 1.63 bits per heavy atom. The van der Waals surface area contributed by atoms with Crippen LogP contribution in [0.2, 0.25) is 0 Å². The summed E-state index contributed by atoms with van der Waals surface area (Å²) in [6.07, 6.45) is 0. The van der Waals surface area contributed by atoms with E-state index in [1.807, 2.05) is 0 Å². The Hall–Kier alpha value is -2.89. The Morgan fingerprint density at radius 1 is 1.05 bits per heavy atom. The molecular weight excluding hydrogens is 246 g/mol. The average Bonchev–Trinajstić information content (AvgIpc) is 2.39. The number of rotatable bonds is 3. The van der Waals surface area contributed by atoms with Gasteiger partial charge in [-0.2, -0.15) is 10.2 Å². The third-order valence-corrected chi connectivity index (χ3v) is 2.37. The SMILES string of the molecule is Nc1ccc(N=Nc2ccc([O-])c(C(=O)O)c2)cc1. The molecule has 2 rings (SSSR count). The number of nitrogens with zero attached hydrogens (tertiary/aromatic N) is 2. The lowest BCUT2D eigenvalue weighted by molar-refractivity contribution is -0.268. The van der Waals surface area contributed by atoms with Crippen molar-refractivity contribution in [2.45, 2.75) is 0 Å². The highest BCUT2D eigenvalue weighted by Crippen LogP contribution is 2.23. The molecule has 96 valence electrons. The summed E-state index contributed by atoms with van der Waals surface area (Å²) in [4.78, 5) is 10.8. The van der Waals surface area contributed by atoms with Crippen molar-refractivity contribution < 1.29 is 15.0 Å². The Morgan fingerprint density at radius 3 is 2.26 bits per heavy atom. The van der Waals surface area contributed by atoms with E-state index in [0.717, 1.165) is 6.07 Å². The van der Waals surface area contributed by atoms with Crippen LogP contribution in [-0.4, -0.2) is 11.1 Å². The van der Waals surface area contributed by atoms with Gasteiger partial charge in [0.15, 0.2) is 0 Å². The molecule has 0 unspecified atom stereocenters. The van der Waals surface area contributed by atoms with Crippen molar-refractivity contribution >= 4 is 23.0 Å². The van der Waals surface area contributed by atoms with Crippen molar-refractivity contribution in [3.63, 3.8) is 0 Å². The highest BCUT2D eigenvalue weighted by Gasteiger charge is 2.04. The summed E-state index contributed by atoms with van der Waals surface area (Å²) >= 11 is 0. The van der Waals surface area contributed by atoms with Gasteiger partial charge in [0.2, 0.25) is 0 Å². The Bertz CT molecular complexity index is 636. The normalized spacial score (nSPS) is 10.7. The van der Waals surface area contributed by atoms with E-state index >= 15 is 0 Å². The van der Waals surface area contributed by atoms with Gasteiger partial charge in [-0.3, -0.25) is 0 Å². The van der Waals surface area contributed by atoms with Crippen molar-refractivity contribution in [2.75, 3.05) is 5.73 Å². The van der Waals surface area contributed by atoms with Crippen molar-refractivity contribution in [1.82, 2.24) is 0 Å². The Labute approximate surface area is 108 Å². The predicted molar refractivity (Wildman–Crippen MR) is 67.9 cm³/mol. The molecule has 0 bridgehead atoms. The number of azo groups is 1. The van der Waals surface area contributed by atoms with Gasteiger partial charge in [-0.1, -0.05) is 11.8 Å². The van der Waals surface area contributed by atoms with Crippen LogP contribution < -0.4 is 10.8 Å². The number of carbonyl (C=O) groups is 1. The standard InChI is InChI=1S/C13H11N3O3/c14-8-1-3-9(4-2-8)15-16-10-5-6-12(17)11(7-10)13(18)19/h1-7,17H,14H2,(H,18,19)/p-1. The molecule has 0 fully saturated rings. The second kappa shape index (κ2) is 5.18. The second-order valence-corrected chi connectivity index (χ2v) is 3.78. The number of aromatic carboxylic acids is 1. The predicted octanol–water partition coefficient (Wildman–Crippen LogP) is 2.46. The number of hydrogen-bond acceptors (Lipinski definition) is 5. The number of benzene rings is 2. The van der Waals surface area contributed by atoms with Crippen LogP contribution in [0.15, 0.2) is 52.7 Å². The molecule has 0 saturated heterocycles. The molecule has 6 heteroatoms. The Balaban J connectivity index is 2.26. The van der Waals surface area contributed by atoms with Crippen LogP contribution in [0, 0.1) is 0 Å². The zero-order valence-electron chi connectivity index (χ0n) is 9.78. The van der Waals surface area contributed by atoms with Gasteiger partial charge in [-0.05, 0) is 36.4 Å². The van der Waals surface area contributed by atoms with Crippen molar-refractivity contribution in [3.8, 4) is 5.75 Å². The minimum absolute atomic E-state index is 0.300. The smallest absolute Gasteiger partial charge is 0.335 e. The lowest BCUT2D eigenvalue weighted by Gasteiger charge is -2.09. The van der Waals surface area contributed by atoms with Gasteiger partial charge in [0.1, 0.15) is 0 Å². The third kappa shape index (κ3) is 3.06. The molecule has 0 aliphatic heterocycles. The van der Waals surface area contributed by atoms with Crippen molar-refractivity contribution in [3.05, 3.63) is 48.0 Å². The maximum Gasteiger partial charge on any atom is 0.335 e. The van der Waals surface area contributed by atoms with E-state index in [1.54, 1.807) is 24.3 Å². The molecule has 0 radical (unpaired) electrons. The number of carboxylic acids is 1. The maximum atomic E-state index is 11.3. The van der Waals surface area contributed by atoms with Crippen LogP contribution in [0.1, 0.15) is 10.4 Å². The molecule has 19 heavy (non-hydrogen) atoms. The van der Waals surface area contributed by atoms with Gasteiger partial charge in [-0.15, -0.1) is 0 Å². The van der Waals surface area contributed by atoms with Crippen LogP contribution in [0.3, 0.4) is 0 Å².